The first-order valence-corrected chi connectivity index (χ1v) is 8.52. The van der Waals surface area contributed by atoms with Crippen LogP contribution in [0.25, 0.3) is 0 Å². The van der Waals surface area contributed by atoms with E-state index in [1.165, 1.54) is 0 Å². The molecular formula is C14H22N2O3S. The molecular weight excluding hydrogens is 276 g/mol. The molecule has 2 atom stereocenters. The van der Waals surface area contributed by atoms with E-state index in [-0.39, 0.29) is 17.8 Å². The Kier molecular flexibility index (Phi) is 5.01. The molecule has 1 aliphatic heterocycles. The molecule has 0 saturated carbocycles. The second-order valence-corrected chi connectivity index (χ2v) is 6.97. The first-order valence-electron chi connectivity index (χ1n) is 6.86. The van der Waals surface area contributed by atoms with Crippen LogP contribution in [-0.2, 0) is 15.8 Å². The number of rotatable bonds is 5. The SMILES string of the molecule is COc1cccc(CS(=O)(=O)NC2CCCNC2C)c1. The van der Waals surface area contributed by atoms with Gasteiger partial charge in [0.15, 0.2) is 0 Å². The zero-order chi connectivity index (χ0) is 14.6. The maximum Gasteiger partial charge on any atom is 0.216 e. The fourth-order valence-corrected chi connectivity index (χ4v) is 3.94. The maximum atomic E-state index is 12.2. The molecule has 0 aliphatic carbocycles. The first-order chi connectivity index (χ1) is 9.50. The molecule has 0 radical (unpaired) electrons. The summed E-state index contributed by atoms with van der Waals surface area (Å²) in [6.45, 7) is 2.97. The fraction of sp³-hybridized carbons (Fsp3) is 0.571. The Labute approximate surface area is 120 Å². The Bertz CT molecular complexity index is 545. The average Bonchev–Trinajstić information content (AvgIpc) is 2.41. The Morgan fingerprint density at radius 2 is 2.25 bits per heavy atom. The van der Waals surface area contributed by atoms with Gasteiger partial charge in [-0.05, 0) is 44.0 Å². The molecule has 1 aromatic rings. The lowest BCUT2D eigenvalue weighted by molar-refractivity contribution is 0.348. The lowest BCUT2D eigenvalue weighted by Gasteiger charge is -2.30. The van der Waals surface area contributed by atoms with Crippen molar-refractivity contribution in [3.63, 3.8) is 0 Å². The van der Waals surface area contributed by atoms with E-state index >= 15 is 0 Å². The summed E-state index contributed by atoms with van der Waals surface area (Å²) in [5.74, 6) is 0.651. The molecule has 0 bridgehead atoms. The lowest BCUT2D eigenvalue weighted by Crippen LogP contribution is -2.52. The number of piperidine rings is 1. The quantitative estimate of drug-likeness (QED) is 0.858. The van der Waals surface area contributed by atoms with Crippen LogP contribution in [0.2, 0.25) is 0 Å². The first kappa shape index (κ1) is 15.3. The number of hydrogen-bond acceptors (Lipinski definition) is 4. The number of ether oxygens (including phenoxy) is 1. The summed E-state index contributed by atoms with van der Waals surface area (Å²) in [4.78, 5) is 0. The number of benzene rings is 1. The van der Waals surface area contributed by atoms with Crippen molar-refractivity contribution in [3.8, 4) is 5.75 Å². The Morgan fingerprint density at radius 3 is 2.95 bits per heavy atom. The van der Waals surface area contributed by atoms with Crippen molar-refractivity contribution < 1.29 is 13.2 Å². The van der Waals surface area contributed by atoms with Crippen LogP contribution < -0.4 is 14.8 Å². The van der Waals surface area contributed by atoms with E-state index < -0.39 is 10.0 Å². The van der Waals surface area contributed by atoms with Crippen molar-refractivity contribution >= 4 is 10.0 Å². The van der Waals surface area contributed by atoms with Crippen molar-refractivity contribution in [2.45, 2.75) is 37.6 Å². The number of hydrogen-bond donors (Lipinski definition) is 2. The zero-order valence-electron chi connectivity index (χ0n) is 11.9. The Balaban J connectivity index is 2.02. The average molecular weight is 298 g/mol. The topological polar surface area (TPSA) is 67.4 Å². The van der Waals surface area contributed by atoms with Crippen LogP contribution in [0.5, 0.6) is 5.75 Å². The molecule has 20 heavy (non-hydrogen) atoms. The lowest BCUT2D eigenvalue weighted by atomic mass is 10.0. The van der Waals surface area contributed by atoms with Crippen LogP contribution >= 0.6 is 0 Å². The zero-order valence-corrected chi connectivity index (χ0v) is 12.7. The van der Waals surface area contributed by atoms with Gasteiger partial charge in [-0.25, -0.2) is 13.1 Å². The van der Waals surface area contributed by atoms with E-state index in [1.54, 1.807) is 31.4 Å². The van der Waals surface area contributed by atoms with Crippen molar-refractivity contribution in [3.05, 3.63) is 29.8 Å². The van der Waals surface area contributed by atoms with Gasteiger partial charge < -0.3 is 10.1 Å². The van der Waals surface area contributed by atoms with E-state index in [1.807, 2.05) is 6.92 Å². The molecule has 1 fully saturated rings. The summed E-state index contributed by atoms with van der Waals surface area (Å²) in [7, 11) is -1.77. The molecule has 5 nitrogen and oxygen atoms in total. The molecule has 2 N–H and O–H groups in total. The van der Waals surface area contributed by atoms with Gasteiger partial charge in [0.05, 0.1) is 12.9 Å². The van der Waals surface area contributed by atoms with E-state index in [0.717, 1.165) is 24.9 Å². The van der Waals surface area contributed by atoms with Crippen molar-refractivity contribution in [1.82, 2.24) is 10.0 Å². The largest absolute Gasteiger partial charge is 0.497 e. The van der Waals surface area contributed by atoms with Gasteiger partial charge in [0.2, 0.25) is 10.0 Å². The van der Waals surface area contributed by atoms with Crippen molar-refractivity contribution in [2.75, 3.05) is 13.7 Å². The van der Waals surface area contributed by atoms with Gasteiger partial charge in [-0.15, -0.1) is 0 Å². The third-order valence-electron chi connectivity index (χ3n) is 3.58. The number of methoxy groups -OCH3 is 1. The van der Waals surface area contributed by atoms with Crippen LogP contribution in [-0.4, -0.2) is 34.2 Å². The smallest absolute Gasteiger partial charge is 0.216 e. The van der Waals surface area contributed by atoms with Crippen LogP contribution in [0.1, 0.15) is 25.3 Å². The highest BCUT2D eigenvalue weighted by Gasteiger charge is 2.25. The minimum Gasteiger partial charge on any atom is -0.497 e. The minimum absolute atomic E-state index is 0.0204. The fourth-order valence-electron chi connectivity index (χ4n) is 2.46. The van der Waals surface area contributed by atoms with Gasteiger partial charge in [-0.2, -0.15) is 0 Å². The Morgan fingerprint density at radius 1 is 1.45 bits per heavy atom. The van der Waals surface area contributed by atoms with E-state index in [2.05, 4.69) is 10.0 Å². The van der Waals surface area contributed by atoms with Crippen LogP contribution in [0.15, 0.2) is 24.3 Å². The molecule has 2 unspecified atom stereocenters. The molecule has 0 spiro atoms. The molecule has 1 aromatic carbocycles. The molecule has 1 aliphatic rings. The molecule has 0 aromatic heterocycles. The highest BCUT2D eigenvalue weighted by molar-refractivity contribution is 7.88. The standard InChI is InChI=1S/C14H22N2O3S/c1-11-14(7-4-8-15-11)16-20(17,18)10-12-5-3-6-13(9-12)19-2/h3,5-6,9,11,14-16H,4,7-8,10H2,1-2H3. The third kappa shape index (κ3) is 4.19. The van der Waals surface area contributed by atoms with Gasteiger partial charge >= 0.3 is 0 Å². The van der Waals surface area contributed by atoms with Gasteiger partial charge in [0.25, 0.3) is 0 Å². The second kappa shape index (κ2) is 6.56. The summed E-state index contributed by atoms with van der Waals surface area (Å²) in [5, 5.41) is 3.29. The molecule has 6 heteroatoms. The molecule has 112 valence electrons. The van der Waals surface area contributed by atoms with Crippen LogP contribution in [0, 0.1) is 0 Å². The molecule has 1 saturated heterocycles. The minimum atomic E-state index is -3.34. The number of nitrogens with one attached hydrogen (secondary N) is 2. The van der Waals surface area contributed by atoms with Crippen LogP contribution in [0.4, 0.5) is 0 Å². The predicted octanol–water partition coefficient (Wildman–Crippen LogP) is 1.26. The van der Waals surface area contributed by atoms with Gasteiger partial charge in [0, 0.05) is 12.1 Å². The summed E-state index contributed by atoms with van der Waals surface area (Å²) >= 11 is 0. The van der Waals surface area contributed by atoms with Gasteiger partial charge in [-0.3, -0.25) is 0 Å². The van der Waals surface area contributed by atoms with E-state index in [0.29, 0.717) is 5.75 Å². The maximum absolute atomic E-state index is 12.2. The third-order valence-corrected chi connectivity index (χ3v) is 4.96. The summed E-state index contributed by atoms with van der Waals surface area (Å²) in [6.07, 6.45) is 1.88. The summed E-state index contributed by atoms with van der Waals surface area (Å²) in [6, 6.07) is 7.29. The van der Waals surface area contributed by atoms with Crippen molar-refractivity contribution in [2.24, 2.45) is 0 Å². The molecule has 2 rings (SSSR count). The number of sulfonamides is 1. The van der Waals surface area contributed by atoms with E-state index in [9.17, 15) is 8.42 Å². The van der Waals surface area contributed by atoms with Gasteiger partial charge in [-0.1, -0.05) is 12.1 Å². The second-order valence-electron chi connectivity index (χ2n) is 5.22. The monoisotopic (exact) mass is 298 g/mol. The van der Waals surface area contributed by atoms with Gasteiger partial charge in [0.1, 0.15) is 5.75 Å². The highest BCUT2D eigenvalue weighted by atomic mass is 32.2. The molecule has 1 heterocycles. The van der Waals surface area contributed by atoms with Crippen LogP contribution in [0.3, 0.4) is 0 Å². The normalized spacial score (nSPS) is 23.5. The predicted molar refractivity (Wildman–Crippen MR) is 79.2 cm³/mol. The highest BCUT2D eigenvalue weighted by Crippen LogP contribution is 2.16. The summed E-state index contributed by atoms with van der Waals surface area (Å²) in [5.41, 5.74) is 0.730. The molecule has 0 amide bonds. The van der Waals surface area contributed by atoms with E-state index in [4.69, 9.17) is 4.74 Å². The Hall–Kier alpha value is -1.11. The summed E-state index contributed by atoms with van der Waals surface area (Å²) < 4.78 is 32.4. The van der Waals surface area contributed by atoms with Crippen molar-refractivity contribution in [1.29, 1.82) is 0 Å².